The Morgan fingerprint density at radius 1 is 1.24 bits per heavy atom. The molecule has 1 aromatic rings. The van der Waals surface area contributed by atoms with Gasteiger partial charge in [0.2, 0.25) is 5.91 Å². The lowest BCUT2D eigenvalue weighted by atomic mass is 9.37. The Morgan fingerprint density at radius 3 is 2.71 bits per heavy atom. The van der Waals surface area contributed by atoms with Crippen LogP contribution in [0, 0.1) is 17.3 Å². The van der Waals surface area contributed by atoms with Gasteiger partial charge in [0, 0.05) is 24.1 Å². The molecule has 0 aromatic heterocycles. The van der Waals surface area contributed by atoms with E-state index in [-0.39, 0.29) is 47.4 Å². The Bertz CT molecular complexity index is 1200. The van der Waals surface area contributed by atoms with Gasteiger partial charge in [0.15, 0.2) is 11.5 Å². The van der Waals surface area contributed by atoms with E-state index in [1.54, 1.807) is 21.1 Å². The van der Waals surface area contributed by atoms with Gasteiger partial charge in [-0.25, -0.2) is 4.79 Å². The first-order chi connectivity index (χ1) is 18.2. The number of likely N-dealkylation sites (tertiary alicyclic amines) is 1. The minimum Gasteiger partial charge on any atom is -0.493 e. The van der Waals surface area contributed by atoms with Gasteiger partial charge < -0.3 is 29.2 Å². The van der Waals surface area contributed by atoms with Gasteiger partial charge >= 0.3 is 5.97 Å². The second-order valence-electron chi connectivity index (χ2n) is 12.2. The highest BCUT2D eigenvalue weighted by atomic mass is 16.6. The Balaban J connectivity index is 1.46. The summed E-state index contributed by atoms with van der Waals surface area (Å²) in [6, 6.07) is 3.72. The summed E-state index contributed by atoms with van der Waals surface area (Å²) in [4.78, 5) is 29.4. The van der Waals surface area contributed by atoms with Crippen LogP contribution >= 0.6 is 0 Å². The number of carbonyl (C=O) groups is 2. The van der Waals surface area contributed by atoms with Crippen molar-refractivity contribution in [2.24, 2.45) is 17.3 Å². The van der Waals surface area contributed by atoms with Gasteiger partial charge in [-0.2, -0.15) is 0 Å². The molecule has 4 aliphatic carbocycles. The standard InChI is InChI=1S/C30H40N2O6/c1-7-37-26(34)20(14-17(2)3)31-25(33)19-16-28-10-11-30(19,36-6)27-29(28)12-13-32(4)22(28)15-18-8-9-21(35-5)24(38-27)23(18)29/h8-11,17,19-20,22,27H,7,12-16H2,1-6H3,(H,31,33). The number of benzene rings is 1. The topological polar surface area (TPSA) is 86.3 Å². The average Bonchev–Trinajstić information content (AvgIpc) is 3.27. The third kappa shape index (κ3) is 3.04. The van der Waals surface area contributed by atoms with Crippen LogP contribution in [0.5, 0.6) is 11.5 Å². The van der Waals surface area contributed by atoms with Crippen molar-refractivity contribution in [3.8, 4) is 11.5 Å². The summed E-state index contributed by atoms with van der Waals surface area (Å²) in [6.07, 6.45) is 7.02. The van der Waals surface area contributed by atoms with Crippen molar-refractivity contribution in [3.63, 3.8) is 0 Å². The molecule has 8 heteroatoms. The van der Waals surface area contributed by atoms with E-state index in [0.29, 0.717) is 12.8 Å². The van der Waals surface area contributed by atoms with Gasteiger partial charge in [0.25, 0.3) is 0 Å². The Morgan fingerprint density at radius 2 is 2.03 bits per heavy atom. The molecular weight excluding hydrogens is 484 g/mol. The fraction of sp³-hybridized carbons (Fsp3) is 0.667. The number of nitrogens with zero attached hydrogens (tertiary/aromatic N) is 1. The maximum atomic E-state index is 14.2. The number of likely N-dealkylation sites (N-methyl/N-ethyl adjacent to an activating group) is 1. The molecule has 2 fully saturated rings. The van der Waals surface area contributed by atoms with Gasteiger partial charge in [-0.1, -0.05) is 32.1 Å². The summed E-state index contributed by atoms with van der Waals surface area (Å²) in [7, 11) is 5.55. The van der Waals surface area contributed by atoms with Crippen LogP contribution in [-0.2, 0) is 30.9 Å². The summed E-state index contributed by atoms with van der Waals surface area (Å²) in [5.41, 5.74) is 0.983. The molecule has 206 valence electrons. The molecule has 6 aliphatic rings. The van der Waals surface area contributed by atoms with Gasteiger partial charge in [0.1, 0.15) is 17.7 Å². The number of nitrogens with one attached hydrogen (secondary N) is 1. The number of esters is 1. The first kappa shape index (κ1) is 25.7. The molecule has 7 atom stereocenters. The monoisotopic (exact) mass is 524 g/mol. The predicted molar refractivity (Wildman–Crippen MR) is 141 cm³/mol. The molecule has 2 heterocycles. The first-order valence-corrected chi connectivity index (χ1v) is 14.0. The maximum Gasteiger partial charge on any atom is 0.328 e. The van der Waals surface area contributed by atoms with Gasteiger partial charge in [-0.3, -0.25) is 4.79 Å². The molecule has 1 N–H and O–H groups in total. The van der Waals surface area contributed by atoms with Crippen molar-refractivity contribution in [1.82, 2.24) is 10.2 Å². The van der Waals surface area contributed by atoms with Crippen LogP contribution in [0.2, 0.25) is 0 Å². The minimum absolute atomic E-state index is 0.179. The number of hydrogen-bond donors (Lipinski definition) is 1. The van der Waals surface area contributed by atoms with Crippen LogP contribution in [0.15, 0.2) is 24.3 Å². The Hall–Kier alpha value is -2.58. The molecule has 7 unspecified atom stereocenters. The number of amides is 1. The molecular formula is C30H40N2O6. The van der Waals surface area contributed by atoms with E-state index in [0.717, 1.165) is 30.9 Å². The number of piperidine rings is 1. The molecule has 2 spiro atoms. The summed E-state index contributed by atoms with van der Waals surface area (Å²) >= 11 is 0. The van der Waals surface area contributed by atoms with Crippen LogP contribution in [-0.4, -0.2) is 75.0 Å². The predicted octanol–water partition coefficient (Wildman–Crippen LogP) is 3.01. The number of fused-ring (bicyclic) bond motifs is 1. The largest absolute Gasteiger partial charge is 0.493 e. The normalized spacial score (nSPS) is 36.4. The lowest BCUT2D eigenvalue weighted by Gasteiger charge is -2.70. The van der Waals surface area contributed by atoms with Crippen LogP contribution in [0.4, 0.5) is 0 Å². The highest BCUT2D eigenvalue weighted by Gasteiger charge is 2.79. The molecule has 2 aliphatic heterocycles. The SMILES string of the molecule is CCOC(=O)C(CC(C)C)NC(=O)C1CC23C=CC1(OC)C1Oc4c(OC)ccc5c4C12CCN(C)C3C5. The van der Waals surface area contributed by atoms with Crippen LogP contribution < -0.4 is 14.8 Å². The number of ether oxygens (including phenoxy) is 4. The molecule has 0 radical (unpaired) electrons. The summed E-state index contributed by atoms with van der Waals surface area (Å²) in [5.74, 6) is 0.664. The highest BCUT2D eigenvalue weighted by Crippen LogP contribution is 2.74. The number of methoxy groups -OCH3 is 2. The zero-order valence-electron chi connectivity index (χ0n) is 23.3. The van der Waals surface area contributed by atoms with Crippen molar-refractivity contribution in [3.05, 3.63) is 35.4 Å². The third-order valence-corrected chi connectivity index (χ3v) is 10.2. The first-order valence-electron chi connectivity index (χ1n) is 14.0. The van der Waals surface area contributed by atoms with E-state index in [1.165, 1.54) is 11.1 Å². The molecule has 1 aromatic carbocycles. The molecule has 38 heavy (non-hydrogen) atoms. The lowest BCUT2D eigenvalue weighted by Crippen LogP contribution is -2.80. The van der Waals surface area contributed by atoms with Gasteiger partial charge in [-0.15, -0.1) is 0 Å². The summed E-state index contributed by atoms with van der Waals surface area (Å²) in [6.45, 7) is 7.08. The van der Waals surface area contributed by atoms with E-state index >= 15 is 0 Å². The quantitative estimate of drug-likeness (QED) is 0.413. The van der Waals surface area contributed by atoms with Crippen molar-refractivity contribution < 1.29 is 28.5 Å². The fourth-order valence-corrected chi connectivity index (χ4v) is 8.70. The molecule has 8 nitrogen and oxygen atoms in total. The zero-order valence-corrected chi connectivity index (χ0v) is 23.3. The van der Waals surface area contributed by atoms with Crippen LogP contribution in [0.25, 0.3) is 0 Å². The van der Waals surface area contributed by atoms with Crippen molar-refractivity contribution in [1.29, 1.82) is 0 Å². The third-order valence-electron chi connectivity index (χ3n) is 10.2. The average molecular weight is 525 g/mol. The van der Waals surface area contributed by atoms with Crippen molar-refractivity contribution in [2.75, 3.05) is 34.4 Å². The number of carbonyl (C=O) groups excluding carboxylic acids is 2. The Labute approximate surface area is 225 Å². The molecule has 7 rings (SSSR count). The van der Waals surface area contributed by atoms with E-state index in [2.05, 4.69) is 35.5 Å². The smallest absolute Gasteiger partial charge is 0.328 e. The fourth-order valence-electron chi connectivity index (χ4n) is 8.70. The number of hydrogen-bond acceptors (Lipinski definition) is 7. The van der Waals surface area contributed by atoms with E-state index in [4.69, 9.17) is 18.9 Å². The van der Waals surface area contributed by atoms with E-state index in [1.807, 2.05) is 19.9 Å². The Kier molecular flexibility index (Phi) is 5.89. The van der Waals surface area contributed by atoms with Crippen molar-refractivity contribution >= 4 is 11.9 Å². The van der Waals surface area contributed by atoms with E-state index < -0.39 is 17.6 Å². The van der Waals surface area contributed by atoms with Gasteiger partial charge in [-0.05, 0) is 63.7 Å². The second-order valence-corrected chi connectivity index (χ2v) is 12.2. The van der Waals surface area contributed by atoms with Crippen molar-refractivity contribution in [2.45, 2.75) is 75.7 Å². The molecule has 4 bridgehead atoms. The molecule has 1 saturated heterocycles. The lowest BCUT2D eigenvalue weighted by molar-refractivity contribution is -0.214. The highest BCUT2D eigenvalue weighted by molar-refractivity contribution is 5.88. The van der Waals surface area contributed by atoms with Crippen LogP contribution in [0.1, 0.15) is 51.2 Å². The van der Waals surface area contributed by atoms with E-state index in [9.17, 15) is 9.59 Å². The second kappa shape index (κ2) is 8.71. The minimum atomic E-state index is -0.970. The van der Waals surface area contributed by atoms with Crippen LogP contribution in [0.3, 0.4) is 0 Å². The molecule has 1 amide bonds. The summed E-state index contributed by atoms with van der Waals surface area (Å²) < 4.78 is 24.4. The summed E-state index contributed by atoms with van der Waals surface area (Å²) in [5, 5.41) is 3.08. The molecule has 1 saturated carbocycles. The number of rotatable bonds is 8. The maximum absolute atomic E-state index is 14.2. The van der Waals surface area contributed by atoms with Gasteiger partial charge in [0.05, 0.1) is 25.0 Å². The zero-order chi connectivity index (χ0) is 27.0.